The van der Waals surface area contributed by atoms with Crippen LogP contribution < -0.4 is 15.0 Å². The molecule has 1 aromatic carbocycles. The molecule has 2 rings (SSSR count). The van der Waals surface area contributed by atoms with Gasteiger partial charge in [-0.1, -0.05) is 6.92 Å². The van der Waals surface area contributed by atoms with Crippen molar-refractivity contribution >= 4 is 17.6 Å². The third kappa shape index (κ3) is 9.07. The third-order valence-electron chi connectivity index (χ3n) is 6.76. The van der Waals surface area contributed by atoms with Crippen LogP contribution in [-0.4, -0.2) is 98.6 Å². The first-order valence-corrected chi connectivity index (χ1v) is 13.5. The van der Waals surface area contributed by atoms with Crippen LogP contribution in [0.15, 0.2) is 18.2 Å². The van der Waals surface area contributed by atoms with Crippen LogP contribution in [0, 0.1) is 5.92 Å². The Hall–Kier alpha value is -2.52. The molecule has 0 aromatic heterocycles. The van der Waals surface area contributed by atoms with Crippen molar-refractivity contribution in [3.8, 4) is 5.75 Å². The molecular weight excluding hydrogens is 472 g/mol. The minimum atomic E-state index is -0.404. The summed E-state index contributed by atoms with van der Waals surface area (Å²) in [5.41, 5.74) is 1.38. The van der Waals surface area contributed by atoms with Crippen molar-refractivity contribution in [1.29, 1.82) is 0 Å². The van der Waals surface area contributed by atoms with Gasteiger partial charge in [0, 0.05) is 58.5 Å². The van der Waals surface area contributed by atoms with Crippen LogP contribution in [0.5, 0.6) is 5.75 Å². The number of fused-ring (bicyclic) bond motifs is 1. The first kappa shape index (κ1) is 30.7. The van der Waals surface area contributed by atoms with Crippen molar-refractivity contribution in [1.82, 2.24) is 15.1 Å². The van der Waals surface area contributed by atoms with Crippen LogP contribution in [0.4, 0.5) is 10.5 Å². The molecule has 1 aromatic rings. The largest absolute Gasteiger partial charge is 0.490 e. The molecule has 0 radical (unpaired) electrons. The summed E-state index contributed by atoms with van der Waals surface area (Å²) in [7, 11) is 5.63. The van der Waals surface area contributed by atoms with Gasteiger partial charge in [0.15, 0.2) is 0 Å². The number of carbonyl (C=O) groups is 2. The van der Waals surface area contributed by atoms with E-state index in [-0.39, 0.29) is 42.7 Å². The number of nitrogens with one attached hydrogen (secondary N) is 1. The summed E-state index contributed by atoms with van der Waals surface area (Å²) in [6.07, 6.45) is 2.30. The minimum absolute atomic E-state index is 0.0344. The Bertz CT molecular complexity index is 878. The Morgan fingerprint density at radius 3 is 2.51 bits per heavy atom. The maximum Gasteiger partial charge on any atom is 0.317 e. The van der Waals surface area contributed by atoms with Crippen molar-refractivity contribution in [3.05, 3.63) is 23.8 Å². The number of rotatable bonds is 6. The monoisotopic (exact) mass is 520 g/mol. The van der Waals surface area contributed by atoms with Gasteiger partial charge in [-0.3, -0.25) is 4.79 Å². The maximum atomic E-state index is 14.0. The maximum absolute atomic E-state index is 14.0. The second kappa shape index (κ2) is 14.4. The number of aliphatic hydroxyl groups excluding tert-OH is 1. The quantitative estimate of drug-likeness (QED) is 0.595. The summed E-state index contributed by atoms with van der Waals surface area (Å²) >= 11 is 0. The molecular formula is C28H48N4O5. The van der Waals surface area contributed by atoms with Gasteiger partial charge in [0.05, 0.1) is 30.4 Å². The second-order valence-corrected chi connectivity index (χ2v) is 10.9. The molecule has 9 nitrogen and oxygen atoms in total. The van der Waals surface area contributed by atoms with E-state index < -0.39 is 6.04 Å². The van der Waals surface area contributed by atoms with Gasteiger partial charge in [0.2, 0.25) is 0 Å². The molecule has 0 bridgehead atoms. The van der Waals surface area contributed by atoms with E-state index in [2.05, 4.69) is 5.32 Å². The van der Waals surface area contributed by atoms with Crippen LogP contribution in [0.25, 0.3) is 0 Å². The van der Waals surface area contributed by atoms with Gasteiger partial charge in [-0.2, -0.15) is 0 Å². The van der Waals surface area contributed by atoms with Crippen molar-refractivity contribution in [2.24, 2.45) is 5.92 Å². The highest BCUT2D eigenvalue weighted by Crippen LogP contribution is 2.29. The third-order valence-corrected chi connectivity index (χ3v) is 6.76. The van der Waals surface area contributed by atoms with Crippen LogP contribution in [0.2, 0.25) is 0 Å². The highest BCUT2D eigenvalue weighted by atomic mass is 16.5. The van der Waals surface area contributed by atoms with Gasteiger partial charge in [0.1, 0.15) is 5.75 Å². The number of aliphatic hydroxyl groups is 1. The Balaban J connectivity index is 2.43. The zero-order valence-corrected chi connectivity index (χ0v) is 24.0. The van der Waals surface area contributed by atoms with Crippen molar-refractivity contribution in [3.63, 3.8) is 0 Å². The summed E-state index contributed by atoms with van der Waals surface area (Å²) in [4.78, 5) is 31.9. The van der Waals surface area contributed by atoms with Crippen LogP contribution in [-0.2, 0) is 4.74 Å². The zero-order valence-electron chi connectivity index (χ0n) is 24.0. The molecule has 1 aliphatic rings. The lowest BCUT2D eigenvalue weighted by atomic mass is 10.0. The fourth-order valence-electron chi connectivity index (χ4n) is 4.36. The Kier molecular flexibility index (Phi) is 12.0. The van der Waals surface area contributed by atoms with Crippen LogP contribution >= 0.6 is 0 Å². The number of hydrogen-bond acceptors (Lipinski definition) is 6. The molecule has 0 saturated heterocycles. The summed E-state index contributed by atoms with van der Waals surface area (Å²) in [6, 6.07) is 5.15. The normalized spacial score (nSPS) is 22.5. The molecule has 0 saturated carbocycles. The topological polar surface area (TPSA) is 94.6 Å². The number of carbonyl (C=O) groups excluding carboxylic acids is 2. The molecule has 9 heteroatoms. The fraction of sp³-hybridized carbons (Fsp3) is 0.714. The SMILES string of the molecule is CC(C)NC(=O)N(C)C[C@@H]1OCCCC[C@H](C)Oc2ccc(N(C)C)cc2C(=O)N([C@@H](C)CO)C[C@H]1C. The number of hydrogen-bond donors (Lipinski definition) is 2. The number of amides is 3. The molecule has 3 amide bonds. The van der Waals surface area contributed by atoms with E-state index in [4.69, 9.17) is 9.47 Å². The lowest BCUT2D eigenvalue weighted by Crippen LogP contribution is -2.49. The van der Waals surface area contributed by atoms with Crippen LogP contribution in [0.1, 0.15) is 64.2 Å². The lowest BCUT2D eigenvalue weighted by molar-refractivity contribution is -0.0122. The fourth-order valence-corrected chi connectivity index (χ4v) is 4.36. The van der Waals surface area contributed by atoms with Gasteiger partial charge < -0.3 is 34.6 Å². The number of anilines is 1. The van der Waals surface area contributed by atoms with Gasteiger partial charge in [-0.25, -0.2) is 4.79 Å². The van der Waals surface area contributed by atoms with Crippen molar-refractivity contribution in [2.45, 2.75) is 78.2 Å². The highest BCUT2D eigenvalue weighted by molar-refractivity contribution is 5.98. The molecule has 2 N–H and O–H groups in total. The van der Waals surface area contributed by atoms with E-state index >= 15 is 0 Å². The molecule has 1 aliphatic heterocycles. The average molecular weight is 521 g/mol. The molecule has 0 fully saturated rings. The first-order chi connectivity index (χ1) is 17.4. The molecule has 0 aliphatic carbocycles. The molecule has 4 atom stereocenters. The summed E-state index contributed by atoms with van der Waals surface area (Å²) in [5, 5.41) is 13.0. The number of urea groups is 1. The number of ether oxygens (including phenoxy) is 2. The minimum Gasteiger partial charge on any atom is -0.490 e. The Morgan fingerprint density at radius 1 is 1.19 bits per heavy atom. The van der Waals surface area contributed by atoms with Gasteiger partial charge in [-0.15, -0.1) is 0 Å². The number of likely N-dealkylation sites (N-methyl/N-ethyl adjacent to an activating group) is 1. The van der Waals surface area contributed by atoms with E-state index in [9.17, 15) is 14.7 Å². The van der Waals surface area contributed by atoms with Gasteiger partial charge >= 0.3 is 6.03 Å². The summed E-state index contributed by atoms with van der Waals surface area (Å²) in [6.45, 7) is 10.9. The van der Waals surface area contributed by atoms with E-state index in [1.165, 1.54) is 0 Å². The predicted molar refractivity (Wildman–Crippen MR) is 147 cm³/mol. The summed E-state index contributed by atoms with van der Waals surface area (Å²) < 4.78 is 12.6. The highest BCUT2D eigenvalue weighted by Gasteiger charge is 2.31. The van der Waals surface area contributed by atoms with E-state index in [0.29, 0.717) is 31.0 Å². The Labute approximate surface area is 223 Å². The smallest absolute Gasteiger partial charge is 0.317 e. The molecule has 37 heavy (non-hydrogen) atoms. The van der Waals surface area contributed by atoms with Crippen LogP contribution in [0.3, 0.4) is 0 Å². The second-order valence-electron chi connectivity index (χ2n) is 10.9. The molecule has 0 spiro atoms. The van der Waals surface area contributed by atoms with Gasteiger partial charge in [-0.05, 0) is 65.2 Å². The number of benzene rings is 1. The van der Waals surface area contributed by atoms with E-state index in [0.717, 1.165) is 24.9 Å². The molecule has 0 unspecified atom stereocenters. The standard InChI is InChI=1S/C28H48N4O5/c1-19(2)29-28(35)31(8)17-26-20(3)16-32(21(4)18-33)27(34)24-15-23(30(6)7)12-13-25(24)37-22(5)11-9-10-14-36-26/h12-13,15,19-22,26,33H,9-11,14,16-18H2,1-8H3,(H,29,35)/t20-,21+,22+,26+/m1/s1. The van der Waals surface area contributed by atoms with Crippen molar-refractivity contribution in [2.75, 3.05) is 52.3 Å². The summed E-state index contributed by atoms with van der Waals surface area (Å²) in [5.74, 6) is 0.275. The predicted octanol–water partition coefficient (Wildman–Crippen LogP) is 3.60. The Morgan fingerprint density at radius 2 is 1.89 bits per heavy atom. The molecule has 210 valence electrons. The van der Waals surface area contributed by atoms with Crippen molar-refractivity contribution < 1.29 is 24.2 Å². The van der Waals surface area contributed by atoms with E-state index in [1.54, 1.807) is 16.8 Å². The lowest BCUT2D eigenvalue weighted by Gasteiger charge is -2.36. The zero-order chi connectivity index (χ0) is 27.7. The van der Waals surface area contributed by atoms with Gasteiger partial charge in [0.25, 0.3) is 5.91 Å². The average Bonchev–Trinajstić information content (AvgIpc) is 2.84. The molecule has 1 heterocycles. The first-order valence-electron chi connectivity index (χ1n) is 13.5. The van der Waals surface area contributed by atoms with E-state index in [1.807, 2.05) is 71.8 Å². The number of nitrogens with zero attached hydrogens (tertiary/aromatic N) is 3.